The molecule has 58 heavy (non-hydrogen) atoms. The molecule has 306 valence electrons. The van der Waals surface area contributed by atoms with E-state index >= 15 is 8.78 Å². The summed E-state index contributed by atoms with van der Waals surface area (Å²) >= 11 is 1.18. The number of esters is 2. The lowest BCUT2D eigenvalue weighted by molar-refractivity contribution is -0.141. The number of ether oxygens (including phenoxy) is 5. The number of nitrogens with zero attached hydrogens (tertiary/aromatic N) is 1. The van der Waals surface area contributed by atoms with Crippen LogP contribution in [-0.4, -0.2) is 44.1 Å². The predicted octanol–water partition coefficient (Wildman–Crippen LogP) is 11.8. The summed E-state index contributed by atoms with van der Waals surface area (Å²) in [6.45, 7) is 8.45. The zero-order valence-electron chi connectivity index (χ0n) is 32.8. The summed E-state index contributed by atoms with van der Waals surface area (Å²) < 4.78 is 74.4. The molecule has 0 spiro atoms. The highest BCUT2D eigenvalue weighted by atomic mass is 32.2. The normalized spacial score (nSPS) is 20.2. The molecule has 0 bridgehead atoms. The van der Waals surface area contributed by atoms with Crippen molar-refractivity contribution in [3.8, 4) is 23.0 Å². The van der Waals surface area contributed by atoms with Gasteiger partial charge in [0.05, 0.1) is 35.0 Å². The smallest absolute Gasteiger partial charge is 0.333 e. The minimum Gasteiger partial charge on any atom is -0.493 e. The van der Waals surface area contributed by atoms with Crippen LogP contribution in [-0.2, 0) is 19.1 Å². The van der Waals surface area contributed by atoms with Crippen molar-refractivity contribution in [2.24, 2.45) is 22.7 Å². The molecule has 8 nitrogen and oxygen atoms in total. The van der Waals surface area contributed by atoms with E-state index in [1.165, 1.54) is 54.4 Å². The zero-order chi connectivity index (χ0) is 40.8. The first kappa shape index (κ1) is 41.4. The van der Waals surface area contributed by atoms with E-state index in [0.717, 1.165) is 51.6 Å². The quantitative estimate of drug-likeness (QED) is 0.0360. The Morgan fingerprint density at radius 1 is 0.862 bits per heavy atom. The third-order valence-corrected chi connectivity index (χ3v) is 12.2. The molecule has 4 aromatic rings. The van der Waals surface area contributed by atoms with Crippen LogP contribution in [0.4, 0.5) is 18.9 Å². The fourth-order valence-corrected chi connectivity index (χ4v) is 9.02. The number of halogens is 3. The Labute approximate surface area is 341 Å². The molecule has 0 amide bonds. The van der Waals surface area contributed by atoms with Crippen LogP contribution in [0.3, 0.4) is 0 Å². The first-order valence-electron chi connectivity index (χ1n) is 20.1. The number of rotatable bonds is 14. The lowest BCUT2D eigenvalue weighted by Crippen LogP contribution is -2.31. The second-order valence-electron chi connectivity index (χ2n) is 15.3. The third-order valence-electron chi connectivity index (χ3n) is 11.1. The van der Waals surface area contributed by atoms with Gasteiger partial charge in [0, 0.05) is 36.4 Å². The fraction of sp³-hybridized carbons (Fsp3) is 0.413. The highest BCUT2D eigenvalue weighted by molar-refractivity contribution is 7.99. The Hall–Kier alpha value is -4.81. The van der Waals surface area contributed by atoms with E-state index in [4.69, 9.17) is 23.7 Å². The van der Waals surface area contributed by atoms with Gasteiger partial charge in [0.15, 0.2) is 11.6 Å². The Morgan fingerprint density at radius 2 is 1.60 bits per heavy atom. The molecule has 0 unspecified atom stereocenters. The average Bonchev–Trinajstić information content (AvgIpc) is 3.22. The molecule has 12 heteroatoms. The van der Waals surface area contributed by atoms with Gasteiger partial charge in [0.25, 0.3) is 0 Å². The van der Waals surface area contributed by atoms with Crippen LogP contribution >= 0.6 is 11.8 Å². The molecule has 2 saturated carbocycles. The van der Waals surface area contributed by atoms with Crippen LogP contribution < -0.4 is 14.2 Å². The molecule has 0 atom stereocenters. The van der Waals surface area contributed by atoms with Crippen LogP contribution in [0.15, 0.2) is 81.5 Å². The first-order valence-corrected chi connectivity index (χ1v) is 21.0. The van der Waals surface area contributed by atoms with Gasteiger partial charge in [-0.05, 0) is 136 Å². The summed E-state index contributed by atoms with van der Waals surface area (Å²) in [5.41, 5.74) is 0.378. The molecular formula is C46H48F3NO7S. The molecule has 0 aromatic heterocycles. The maximum atomic E-state index is 16.2. The summed E-state index contributed by atoms with van der Waals surface area (Å²) in [7, 11) is 0. The lowest BCUT2D eigenvalue weighted by Gasteiger charge is -2.37. The van der Waals surface area contributed by atoms with Crippen LogP contribution in [0.2, 0.25) is 0 Å². The molecule has 0 N–H and O–H groups in total. The van der Waals surface area contributed by atoms with E-state index in [1.807, 2.05) is 0 Å². The second-order valence-corrected chi connectivity index (χ2v) is 16.4. The number of hydrogen-bond donors (Lipinski definition) is 0. The minimum absolute atomic E-state index is 0.0869. The van der Waals surface area contributed by atoms with Gasteiger partial charge in [0.1, 0.15) is 34.6 Å². The molecule has 0 radical (unpaired) electrons. The molecule has 3 aliphatic rings. The summed E-state index contributed by atoms with van der Waals surface area (Å²) in [5.74, 6) is -1.17. The van der Waals surface area contributed by atoms with E-state index in [0.29, 0.717) is 80.6 Å². The van der Waals surface area contributed by atoms with Gasteiger partial charge < -0.3 is 23.7 Å². The summed E-state index contributed by atoms with van der Waals surface area (Å²) in [6, 6.07) is 13.1. The van der Waals surface area contributed by atoms with Crippen molar-refractivity contribution >= 4 is 46.4 Å². The maximum absolute atomic E-state index is 16.2. The highest BCUT2D eigenvalue weighted by Crippen LogP contribution is 2.49. The number of fused-ring (bicyclic) bond motifs is 3. The Balaban J connectivity index is 1.10. The van der Waals surface area contributed by atoms with Crippen molar-refractivity contribution in [1.82, 2.24) is 0 Å². The largest absolute Gasteiger partial charge is 0.493 e. The maximum Gasteiger partial charge on any atom is 0.333 e. The molecule has 2 fully saturated rings. The molecule has 7 rings (SSSR count). The van der Waals surface area contributed by atoms with E-state index in [-0.39, 0.29) is 36.1 Å². The Morgan fingerprint density at radius 3 is 2.34 bits per heavy atom. The molecule has 0 saturated heterocycles. The molecule has 4 aromatic carbocycles. The van der Waals surface area contributed by atoms with Crippen LogP contribution in [0.25, 0.3) is 10.8 Å². The monoisotopic (exact) mass is 815 g/mol. The molecule has 1 aliphatic heterocycles. The van der Waals surface area contributed by atoms with Crippen molar-refractivity contribution in [2.75, 3.05) is 19.8 Å². The van der Waals surface area contributed by atoms with Crippen LogP contribution in [0, 0.1) is 35.2 Å². The Bertz CT molecular complexity index is 2190. The number of hydrogen-bond acceptors (Lipinski definition) is 9. The van der Waals surface area contributed by atoms with Crippen LogP contribution in [0.5, 0.6) is 23.0 Å². The first-order chi connectivity index (χ1) is 28.1. The van der Waals surface area contributed by atoms with Gasteiger partial charge in [-0.15, -0.1) is 0 Å². The molecular weight excluding hydrogens is 768 g/mol. The summed E-state index contributed by atoms with van der Waals surface area (Å²) in [5, 5.41) is 0.939. The topological polar surface area (TPSA) is 92.7 Å². The number of benzene rings is 4. The van der Waals surface area contributed by atoms with Crippen molar-refractivity contribution in [3.63, 3.8) is 0 Å². The van der Waals surface area contributed by atoms with E-state index < -0.39 is 29.4 Å². The van der Waals surface area contributed by atoms with Gasteiger partial charge in [-0.1, -0.05) is 25.3 Å². The van der Waals surface area contributed by atoms with Gasteiger partial charge in [-0.3, -0.25) is 9.79 Å². The number of carbonyl (C=O) groups is 2. The van der Waals surface area contributed by atoms with Crippen molar-refractivity contribution < 1.29 is 46.4 Å². The number of carbonyl (C=O) groups excluding carboxylic acids is 2. The number of aliphatic imine (C=N–C) groups is 1. The van der Waals surface area contributed by atoms with Crippen LogP contribution in [0.1, 0.15) is 83.6 Å². The summed E-state index contributed by atoms with van der Waals surface area (Å²) in [6.07, 6.45) is 10.7. The van der Waals surface area contributed by atoms with Crippen molar-refractivity contribution in [2.45, 2.75) is 94.0 Å². The predicted molar refractivity (Wildman–Crippen MR) is 217 cm³/mol. The standard InChI is InChI=1S/C46H48F3NO7S/c1-4-18-53-33-13-10-29(11-14-33)28-6-8-30(9-7-28)46(52)57-44-36(26-50-39-25-41-43(24-37(39)48)58-42-23-32(47)12-17-40(42)56-41)35-16-15-34(21-31(35)22-38(44)49)54-19-5-20-55-45(51)27(2)3/h12,15-17,21-26,28-30,33H,2,4-11,13-14,18-20H2,1,3H3. The van der Waals surface area contributed by atoms with Crippen molar-refractivity contribution in [1.29, 1.82) is 0 Å². The van der Waals surface area contributed by atoms with Crippen molar-refractivity contribution in [3.05, 3.63) is 89.8 Å². The second kappa shape index (κ2) is 18.8. The highest BCUT2D eigenvalue weighted by Gasteiger charge is 2.34. The molecule has 1 heterocycles. The third kappa shape index (κ3) is 9.89. The van der Waals surface area contributed by atoms with Gasteiger partial charge in [-0.2, -0.15) is 0 Å². The molecule has 2 aliphatic carbocycles. The SMILES string of the molecule is C=C(C)C(=O)OCCCOc1ccc2c(C=Nc3cc4c(cc3F)Sc3cc(F)ccc3O4)c(OC(=O)C3CCC(C4CCC(OCCC)CC4)CC3)c(F)cc2c1. The van der Waals surface area contributed by atoms with E-state index in [2.05, 4.69) is 18.5 Å². The van der Waals surface area contributed by atoms with Gasteiger partial charge in [-0.25, -0.2) is 18.0 Å². The lowest BCUT2D eigenvalue weighted by atomic mass is 9.70. The van der Waals surface area contributed by atoms with Gasteiger partial charge >= 0.3 is 11.9 Å². The average molecular weight is 816 g/mol. The fourth-order valence-electron chi connectivity index (χ4n) is 8.04. The Kier molecular flexibility index (Phi) is 13.4. The zero-order valence-corrected chi connectivity index (χ0v) is 33.6. The summed E-state index contributed by atoms with van der Waals surface area (Å²) in [4.78, 5) is 30.8. The van der Waals surface area contributed by atoms with E-state index in [9.17, 15) is 14.0 Å². The van der Waals surface area contributed by atoms with Gasteiger partial charge in [0.2, 0.25) is 0 Å². The minimum atomic E-state index is -0.781. The van der Waals surface area contributed by atoms with E-state index in [1.54, 1.807) is 25.1 Å².